The van der Waals surface area contributed by atoms with Crippen LogP contribution in [0.3, 0.4) is 0 Å². The third-order valence-corrected chi connectivity index (χ3v) is 3.25. The van der Waals surface area contributed by atoms with Crippen LogP contribution in [-0.4, -0.2) is 19.0 Å². The molecule has 20 heavy (non-hydrogen) atoms. The number of rotatable bonds is 4. The zero-order valence-corrected chi connectivity index (χ0v) is 11.8. The number of hydrogen-bond donors (Lipinski definition) is 1. The highest BCUT2D eigenvalue weighted by molar-refractivity contribution is 5.80. The van der Waals surface area contributed by atoms with Gasteiger partial charge in [-0.15, -0.1) is 0 Å². The summed E-state index contributed by atoms with van der Waals surface area (Å²) in [5.74, 6) is 0. The lowest BCUT2D eigenvalue weighted by Crippen LogP contribution is -2.12. The molecular formula is C15H17N3O2. The standard InChI is InChI=1S/C15H17N3O2/c1-11-7-9-12(10-8-11)17(3)14-6-4-5-13(16-2)15(14)18(19)20/h4-10,16H,1-3H3. The summed E-state index contributed by atoms with van der Waals surface area (Å²) < 4.78 is 0. The Morgan fingerprint density at radius 2 is 1.80 bits per heavy atom. The fourth-order valence-electron chi connectivity index (χ4n) is 2.10. The van der Waals surface area contributed by atoms with Crippen molar-refractivity contribution in [2.24, 2.45) is 0 Å². The molecule has 104 valence electrons. The molecule has 0 aliphatic heterocycles. The van der Waals surface area contributed by atoms with Crippen molar-refractivity contribution in [3.8, 4) is 0 Å². The van der Waals surface area contributed by atoms with Crippen LogP contribution in [0.15, 0.2) is 42.5 Å². The van der Waals surface area contributed by atoms with Gasteiger partial charge in [-0.05, 0) is 31.2 Å². The highest BCUT2D eigenvalue weighted by atomic mass is 16.6. The summed E-state index contributed by atoms with van der Waals surface area (Å²) in [7, 11) is 3.50. The van der Waals surface area contributed by atoms with Gasteiger partial charge in [0.2, 0.25) is 0 Å². The Kier molecular flexibility index (Phi) is 3.89. The summed E-state index contributed by atoms with van der Waals surface area (Å²) in [4.78, 5) is 12.8. The van der Waals surface area contributed by atoms with Crippen LogP contribution in [0.5, 0.6) is 0 Å². The summed E-state index contributed by atoms with van der Waals surface area (Å²) >= 11 is 0. The van der Waals surface area contributed by atoms with E-state index >= 15 is 0 Å². The molecule has 0 heterocycles. The lowest BCUT2D eigenvalue weighted by atomic mass is 10.1. The van der Waals surface area contributed by atoms with Crippen LogP contribution in [0.1, 0.15) is 5.56 Å². The molecule has 0 aliphatic carbocycles. The van der Waals surface area contributed by atoms with Gasteiger partial charge in [0.15, 0.2) is 0 Å². The van der Waals surface area contributed by atoms with Crippen LogP contribution in [0, 0.1) is 17.0 Å². The topological polar surface area (TPSA) is 58.4 Å². The molecule has 0 bridgehead atoms. The highest BCUT2D eigenvalue weighted by Gasteiger charge is 2.22. The maximum atomic E-state index is 11.3. The number of nitrogens with zero attached hydrogens (tertiary/aromatic N) is 2. The number of nitro groups is 1. The molecule has 2 aromatic carbocycles. The second-order valence-corrected chi connectivity index (χ2v) is 4.57. The third kappa shape index (κ3) is 2.56. The van der Waals surface area contributed by atoms with Gasteiger partial charge < -0.3 is 10.2 Å². The summed E-state index contributed by atoms with van der Waals surface area (Å²) in [5, 5.41) is 14.2. The van der Waals surface area contributed by atoms with Gasteiger partial charge in [0.05, 0.1) is 4.92 Å². The monoisotopic (exact) mass is 271 g/mol. The molecule has 0 saturated carbocycles. The number of para-hydroxylation sites is 1. The molecule has 1 N–H and O–H groups in total. The van der Waals surface area contributed by atoms with Crippen LogP contribution in [0.4, 0.5) is 22.7 Å². The SMILES string of the molecule is CNc1cccc(N(C)c2ccc(C)cc2)c1[N+](=O)[O-]. The van der Waals surface area contributed by atoms with Crippen LogP contribution in [0.25, 0.3) is 0 Å². The van der Waals surface area contributed by atoms with Gasteiger partial charge in [-0.1, -0.05) is 23.8 Å². The van der Waals surface area contributed by atoms with Crippen molar-refractivity contribution in [1.82, 2.24) is 0 Å². The zero-order valence-electron chi connectivity index (χ0n) is 11.8. The quantitative estimate of drug-likeness (QED) is 0.680. The van der Waals surface area contributed by atoms with Crippen LogP contribution in [0.2, 0.25) is 0 Å². The Bertz CT molecular complexity index is 624. The summed E-state index contributed by atoms with van der Waals surface area (Å²) in [6.45, 7) is 2.01. The number of hydrogen-bond acceptors (Lipinski definition) is 4. The second-order valence-electron chi connectivity index (χ2n) is 4.57. The fourth-order valence-corrected chi connectivity index (χ4v) is 2.10. The fraction of sp³-hybridized carbons (Fsp3) is 0.200. The van der Waals surface area contributed by atoms with Crippen molar-refractivity contribution in [2.75, 3.05) is 24.3 Å². The molecule has 0 aliphatic rings. The van der Waals surface area contributed by atoms with E-state index in [0.717, 1.165) is 11.3 Å². The molecule has 2 rings (SSSR count). The molecule has 0 spiro atoms. The average Bonchev–Trinajstić information content (AvgIpc) is 2.46. The predicted molar refractivity (Wildman–Crippen MR) is 81.9 cm³/mol. The van der Waals surface area contributed by atoms with E-state index in [1.54, 1.807) is 25.2 Å². The number of benzene rings is 2. The lowest BCUT2D eigenvalue weighted by Gasteiger charge is -2.20. The zero-order chi connectivity index (χ0) is 14.7. The first kappa shape index (κ1) is 13.9. The van der Waals surface area contributed by atoms with Crippen molar-refractivity contribution in [3.05, 3.63) is 58.1 Å². The smallest absolute Gasteiger partial charge is 0.315 e. The maximum Gasteiger partial charge on any atom is 0.315 e. The van der Waals surface area contributed by atoms with Gasteiger partial charge in [0.25, 0.3) is 0 Å². The van der Waals surface area contributed by atoms with Gasteiger partial charge in [-0.25, -0.2) is 0 Å². The number of nitro benzene ring substituents is 1. The number of aryl methyl sites for hydroxylation is 1. The molecule has 0 atom stereocenters. The minimum absolute atomic E-state index is 0.0816. The van der Waals surface area contributed by atoms with Gasteiger partial charge in [-0.3, -0.25) is 10.1 Å². The van der Waals surface area contributed by atoms with Crippen molar-refractivity contribution < 1.29 is 4.92 Å². The highest BCUT2D eigenvalue weighted by Crippen LogP contribution is 2.37. The first-order valence-corrected chi connectivity index (χ1v) is 6.30. The van der Waals surface area contributed by atoms with E-state index in [-0.39, 0.29) is 10.6 Å². The Balaban J connectivity index is 2.51. The maximum absolute atomic E-state index is 11.3. The number of anilines is 3. The van der Waals surface area contributed by atoms with Gasteiger partial charge in [-0.2, -0.15) is 0 Å². The van der Waals surface area contributed by atoms with Crippen molar-refractivity contribution in [2.45, 2.75) is 6.92 Å². The molecule has 0 unspecified atom stereocenters. The Labute approximate surface area is 118 Å². The molecule has 0 amide bonds. The molecule has 2 aromatic rings. The van der Waals surface area contributed by atoms with E-state index in [2.05, 4.69) is 5.32 Å². The van der Waals surface area contributed by atoms with E-state index in [4.69, 9.17) is 0 Å². The largest absolute Gasteiger partial charge is 0.382 e. The molecule has 5 nitrogen and oxygen atoms in total. The van der Waals surface area contributed by atoms with Gasteiger partial charge in [0.1, 0.15) is 11.4 Å². The molecule has 0 saturated heterocycles. The Morgan fingerprint density at radius 1 is 1.15 bits per heavy atom. The lowest BCUT2D eigenvalue weighted by molar-refractivity contribution is -0.383. The summed E-state index contributed by atoms with van der Waals surface area (Å²) in [6.07, 6.45) is 0. The average molecular weight is 271 g/mol. The van der Waals surface area contributed by atoms with E-state index in [9.17, 15) is 10.1 Å². The minimum atomic E-state index is -0.355. The van der Waals surface area contributed by atoms with E-state index in [1.165, 1.54) is 0 Å². The molecule has 0 fully saturated rings. The first-order chi connectivity index (χ1) is 9.54. The third-order valence-electron chi connectivity index (χ3n) is 3.25. The van der Waals surface area contributed by atoms with Crippen molar-refractivity contribution in [1.29, 1.82) is 0 Å². The molecule has 0 radical (unpaired) electrons. The van der Waals surface area contributed by atoms with E-state index in [1.807, 2.05) is 43.1 Å². The van der Waals surface area contributed by atoms with Gasteiger partial charge in [0, 0.05) is 19.8 Å². The Morgan fingerprint density at radius 3 is 2.35 bits per heavy atom. The molecule has 5 heteroatoms. The van der Waals surface area contributed by atoms with Crippen molar-refractivity contribution >= 4 is 22.7 Å². The van der Waals surface area contributed by atoms with E-state index in [0.29, 0.717) is 11.4 Å². The van der Waals surface area contributed by atoms with Crippen LogP contribution < -0.4 is 10.2 Å². The molecule has 0 aromatic heterocycles. The first-order valence-electron chi connectivity index (χ1n) is 6.30. The predicted octanol–water partition coefficient (Wildman–Crippen LogP) is 3.71. The van der Waals surface area contributed by atoms with Crippen LogP contribution in [-0.2, 0) is 0 Å². The Hall–Kier alpha value is -2.56. The molecular weight excluding hydrogens is 254 g/mol. The van der Waals surface area contributed by atoms with Crippen molar-refractivity contribution in [3.63, 3.8) is 0 Å². The van der Waals surface area contributed by atoms with Gasteiger partial charge >= 0.3 is 5.69 Å². The summed E-state index contributed by atoms with van der Waals surface area (Å²) in [6, 6.07) is 13.1. The number of nitrogens with one attached hydrogen (secondary N) is 1. The van der Waals surface area contributed by atoms with Crippen LogP contribution >= 0.6 is 0 Å². The van der Waals surface area contributed by atoms with E-state index < -0.39 is 0 Å². The second kappa shape index (κ2) is 5.61. The summed E-state index contributed by atoms with van der Waals surface area (Å²) in [5.41, 5.74) is 3.21. The minimum Gasteiger partial charge on any atom is -0.382 e. The normalized spacial score (nSPS) is 10.2.